The maximum absolute atomic E-state index is 10.1. The van der Waals surface area contributed by atoms with Gasteiger partial charge < -0.3 is 9.84 Å². The van der Waals surface area contributed by atoms with Crippen molar-refractivity contribution >= 4 is 0 Å². The lowest BCUT2D eigenvalue weighted by atomic mass is 9.86. The van der Waals surface area contributed by atoms with E-state index >= 15 is 0 Å². The average molecular weight is 411 g/mol. The molecule has 1 aliphatic heterocycles. The van der Waals surface area contributed by atoms with Crippen LogP contribution in [0.15, 0.2) is 41.0 Å². The van der Waals surface area contributed by atoms with Crippen LogP contribution >= 0.6 is 0 Å². The standard InChI is InChI=1S/C28H42O2/c1-20(2)11-8-12-21(3)13-9-14-22(4)15-10-17-28(7)18-16-25-24(6)26(29)19-23(5)27(25)30-28/h11,13,15,19,29H,8-10,12,14,16-18H2,1-7H3/b21-13-,22-15+/t28-/m1/s1. The second kappa shape index (κ2) is 10.9. The van der Waals surface area contributed by atoms with Gasteiger partial charge in [-0.2, -0.15) is 0 Å². The molecular weight excluding hydrogens is 368 g/mol. The molecule has 0 amide bonds. The van der Waals surface area contributed by atoms with E-state index in [2.05, 4.69) is 52.8 Å². The maximum atomic E-state index is 10.1. The number of ether oxygens (including phenoxy) is 1. The van der Waals surface area contributed by atoms with E-state index < -0.39 is 0 Å². The molecule has 0 spiro atoms. The molecule has 0 fully saturated rings. The highest BCUT2D eigenvalue weighted by Gasteiger charge is 2.33. The molecule has 2 nitrogen and oxygen atoms in total. The van der Waals surface area contributed by atoms with Gasteiger partial charge in [0, 0.05) is 5.56 Å². The lowest BCUT2D eigenvalue weighted by molar-refractivity contribution is 0.0559. The van der Waals surface area contributed by atoms with Gasteiger partial charge in [-0.1, -0.05) is 34.9 Å². The Bertz CT molecular complexity index is 822. The molecule has 2 heteroatoms. The van der Waals surface area contributed by atoms with E-state index in [1.807, 2.05) is 19.9 Å². The van der Waals surface area contributed by atoms with Crippen molar-refractivity contribution in [2.24, 2.45) is 0 Å². The number of fused-ring (bicyclic) bond motifs is 1. The van der Waals surface area contributed by atoms with E-state index in [1.165, 1.54) is 28.7 Å². The van der Waals surface area contributed by atoms with E-state index in [1.54, 1.807) is 0 Å². The molecule has 1 atom stereocenters. The minimum atomic E-state index is -0.126. The topological polar surface area (TPSA) is 29.5 Å². The van der Waals surface area contributed by atoms with E-state index in [-0.39, 0.29) is 5.60 Å². The summed E-state index contributed by atoms with van der Waals surface area (Å²) in [6.45, 7) is 15.1. The summed E-state index contributed by atoms with van der Waals surface area (Å²) in [6.07, 6.45) is 15.8. The van der Waals surface area contributed by atoms with Crippen LogP contribution in [0.2, 0.25) is 0 Å². The van der Waals surface area contributed by atoms with Gasteiger partial charge in [-0.05, 0) is 117 Å². The first kappa shape index (κ1) is 24.3. The molecule has 0 saturated carbocycles. The van der Waals surface area contributed by atoms with Gasteiger partial charge in [-0.3, -0.25) is 0 Å². The second-order valence-electron chi connectivity index (χ2n) is 9.70. The number of phenolic OH excluding ortho intramolecular Hbond substituents is 1. The van der Waals surface area contributed by atoms with Crippen molar-refractivity contribution in [2.45, 2.75) is 105 Å². The number of aryl methyl sites for hydroxylation is 1. The van der Waals surface area contributed by atoms with Crippen LogP contribution in [-0.4, -0.2) is 10.7 Å². The van der Waals surface area contributed by atoms with Gasteiger partial charge in [0.1, 0.15) is 17.1 Å². The molecule has 1 aliphatic rings. The fraction of sp³-hybridized carbons (Fsp3) is 0.571. The average Bonchev–Trinajstić information content (AvgIpc) is 2.66. The summed E-state index contributed by atoms with van der Waals surface area (Å²) >= 11 is 0. The van der Waals surface area contributed by atoms with Crippen LogP contribution in [0.4, 0.5) is 0 Å². The van der Waals surface area contributed by atoms with Crippen LogP contribution in [0.25, 0.3) is 0 Å². The fourth-order valence-electron chi connectivity index (χ4n) is 4.21. The van der Waals surface area contributed by atoms with Crippen LogP contribution in [0.3, 0.4) is 0 Å². The predicted molar refractivity (Wildman–Crippen MR) is 130 cm³/mol. The third-order valence-electron chi connectivity index (χ3n) is 6.36. The Morgan fingerprint density at radius 2 is 1.60 bits per heavy atom. The summed E-state index contributed by atoms with van der Waals surface area (Å²) in [5.41, 5.74) is 7.45. The molecule has 0 saturated heterocycles. The first-order chi connectivity index (χ1) is 14.1. The summed E-state index contributed by atoms with van der Waals surface area (Å²) in [4.78, 5) is 0. The molecule has 30 heavy (non-hydrogen) atoms. The minimum Gasteiger partial charge on any atom is -0.508 e. The molecule has 0 radical (unpaired) electrons. The zero-order valence-corrected chi connectivity index (χ0v) is 20.3. The molecule has 2 rings (SSSR count). The van der Waals surface area contributed by atoms with Gasteiger partial charge >= 0.3 is 0 Å². The zero-order valence-electron chi connectivity index (χ0n) is 20.3. The molecule has 1 heterocycles. The lowest BCUT2D eigenvalue weighted by Gasteiger charge is -2.37. The number of benzene rings is 1. The van der Waals surface area contributed by atoms with Crippen LogP contribution in [0.5, 0.6) is 11.5 Å². The molecule has 0 unspecified atom stereocenters. The summed E-state index contributed by atoms with van der Waals surface area (Å²) in [5.74, 6) is 1.38. The zero-order chi connectivity index (χ0) is 22.3. The normalized spacial score (nSPS) is 19.3. The van der Waals surface area contributed by atoms with Crippen molar-refractivity contribution in [3.63, 3.8) is 0 Å². The highest BCUT2D eigenvalue weighted by atomic mass is 16.5. The van der Waals surface area contributed by atoms with Crippen molar-refractivity contribution in [2.75, 3.05) is 0 Å². The van der Waals surface area contributed by atoms with E-state index in [9.17, 15) is 5.11 Å². The van der Waals surface area contributed by atoms with E-state index in [4.69, 9.17) is 4.74 Å². The third kappa shape index (κ3) is 7.07. The molecule has 0 bridgehead atoms. The molecular formula is C28H42O2. The van der Waals surface area contributed by atoms with Gasteiger partial charge in [0.2, 0.25) is 0 Å². The Kier molecular flexibility index (Phi) is 8.82. The molecule has 1 aromatic rings. The number of rotatable bonds is 9. The Balaban J connectivity index is 1.83. The summed E-state index contributed by atoms with van der Waals surface area (Å²) in [7, 11) is 0. The number of allylic oxidation sites excluding steroid dienone is 6. The van der Waals surface area contributed by atoms with Crippen LogP contribution in [0, 0.1) is 13.8 Å². The third-order valence-corrected chi connectivity index (χ3v) is 6.36. The molecule has 0 aliphatic carbocycles. The number of phenols is 1. The van der Waals surface area contributed by atoms with Crippen molar-refractivity contribution in [1.82, 2.24) is 0 Å². The van der Waals surface area contributed by atoms with Crippen LogP contribution in [0.1, 0.15) is 96.3 Å². The monoisotopic (exact) mass is 410 g/mol. The Labute approximate surface area is 184 Å². The number of hydrogen-bond donors (Lipinski definition) is 1. The Hall–Kier alpha value is -1.96. The maximum Gasteiger partial charge on any atom is 0.126 e. The van der Waals surface area contributed by atoms with E-state index in [0.717, 1.165) is 61.8 Å². The predicted octanol–water partition coefficient (Wildman–Crippen LogP) is 8.29. The largest absolute Gasteiger partial charge is 0.508 e. The van der Waals surface area contributed by atoms with Gasteiger partial charge in [0.25, 0.3) is 0 Å². The molecule has 1 N–H and O–H groups in total. The Morgan fingerprint density at radius 3 is 2.23 bits per heavy atom. The van der Waals surface area contributed by atoms with Crippen molar-refractivity contribution in [1.29, 1.82) is 0 Å². The quantitative estimate of drug-likeness (QED) is 0.415. The first-order valence-electron chi connectivity index (χ1n) is 11.6. The number of aromatic hydroxyl groups is 1. The summed E-state index contributed by atoms with van der Waals surface area (Å²) < 4.78 is 6.48. The first-order valence-corrected chi connectivity index (χ1v) is 11.6. The fourth-order valence-corrected chi connectivity index (χ4v) is 4.21. The highest BCUT2D eigenvalue weighted by molar-refractivity contribution is 5.53. The van der Waals surface area contributed by atoms with Gasteiger partial charge in [-0.25, -0.2) is 0 Å². The van der Waals surface area contributed by atoms with Crippen molar-refractivity contribution < 1.29 is 9.84 Å². The summed E-state index contributed by atoms with van der Waals surface area (Å²) in [6, 6.07) is 1.83. The SMILES string of the molecule is CC(C)=CCC/C(C)=C\CC/C(C)=C/CC[C@]1(C)CCc2c(C)c(O)cc(C)c2O1. The molecule has 1 aromatic carbocycles. The van der Waals surface area contributed by atoms with E-state index in [0.29, 0.717) is 5.75 Å². The highest BCUT2D eigenvalue weighted by Crippen LogP contribution is 2.42. The lowest BCUT2D eigenvalue weighted by Crippen LogP contribution is -2.36. The molecule has 166 valence electrons. The Morgan fingerprint density at radius 1 is 1.00 bits per heavy atom. The van der Waals surface area contributed by atoms with Crippen molar-refractivity contribution in [3.05, 3.63) is 57.7 Å². The van der Waals surface area contributed by atoms with Gasteiger partial charge in [-0.15, -0.1) is 0 Å². The summed E-state index contributed by atoms with van der Waals surface area (Å²) in [5, 5.41) is 10.1. The number of hydrogen-bond acceptors (Lipinski definition) is 2. The second-order valence-corrected chi connectivity index (χ2v) is 9.70. The van der Waals surface area contributed by atoms with Crippen LogP contribution < -0.4 is 4.74 Å². The minimum absolute atomic E-state index is 0.126. The van der Waals surface area contributed by atoms with Gasteiger partial charge in [0.05, 0.1) is 0 Å². The van der Waals surface area contributed by atoms with Crippen LogP contribution in [-0.2, 0) is 6.42 Å². The van der Waals surface area contributed by atoms with Gasteiger partial charge in [0.15, 0.2) is 0 Å². The molecule has 0 aromatic heterocycles. The van der Waals surface area contributed by atoms with Crippen molar-refractivity contribution in [3.8, 4) is 11.5 Å². The smallest absolute Gasteiger partial charge is 0.126 e.